The van der Waals surface area contributed by atoms with Crippen LogP contribution in [0.5, 0.6) is 0 Å². The smallest absolute Gasteiger partial charge is 0.268 e. The zero-order valence-electron chi connectivity index (χ0n) is 16.2. The lowest BCUT2D eigenvalue weighted by Gasteiger charge is -2.47. The monoisotopic (exact) mass is 409 g/mol. The first kappa shape index (κ1) is 17.4. The molecule has 0 radical (unpaired) electrons. The molecule has 2 atom stereocenters. The number of unbranched alkanes of at least 4 members (excludes halogenated alkanes) is 1. The highest BCUT2D eigenvalue weighted by molar-refractivity contribution is 8.25. The Hall–Kier alpha value is -2.48. The van der Waals surface area contributed by atoms with E-state index >= 15 is 0 Å². The van der Waals surface area contributed by atoms with Gasteiger partial charge in [0.15, 0.2) is 0 Å². The second-order valence-electron chi connectivity index (χ2n) is 8.16. The second kappa shape index (κ2) is 6.01. The molecule has 1 aromatic heterocycles. The molecule has 150 valence electrons. The molecule has 2 unspecified atom stereocenters. The van der Waals surface area contributed by atoms with Gasteiger partial charge in [0, 0.05) is 24.4 Å². The summed E-state index contributed by atoms with van der Waals surface area (Å²) in [6, 6.07) is 14.0. The Labute approximate surface area is 171 Å². The molecule has 2 N–H and O–H groups in total. The first-order valence-electron chi connectivity index (χ1n) is 10.1. The van der Waals surface area contributed by atoms with E-state index in [9.17, 15) is 4.79 Å². The van der Waals surface area contributed by atoms with Crippen LogP contribution in [0.3, 0.4) is 0 Å². The van der Waals surface area contributed by atoms with Gasteiger partial charge in [0.25, 0.3) is 5.91 Å². The van der Waals surface area contributed by atoms with E-state index in [1.165, 1.54) is 16.5 Å². The molecule has 3 aliphatic rings. The van der Waals surface area contributed by atoms with Crippen LogP contribution < -0.4 is 10.3 Å². The molecule has 3 heterocycles. The van der Waals surface area contributed by atoms with Gasteiger partial charge < -0.3 is 0 Å². The normalized spacial score (nSPS) is 29.1. The lowest BCUT2D eigenvalue weighted by Crippen LogP contribution is -2.43. The van der Waals surface area contributed by atoms with Crippen molar-refractivity contribution in [2.24, 2.45) is 0 Å². The summed E-state index contributed by atoms with van der Waals surface area (Å²) in [4.78, 5) is 13.6. The SMILES string of the molecule is CCCCC12Cc3cccc4c3c(cn4NOS3(NC(=O)c4ccccc43)O1)C2. The van der Waals surface area contributed by atoms with E-state index in [-0.39, 0.29) is 5.91 Å². The molecule has 3 bridgehead atoms. The van der Waals surface area contributed by atoms with E-state index in [4.69, 9.17) is 8.47 Å². The van der Waals surface area contributed by atoms with Gasteiger partial charge in [-0.3, -0.25) is 8.98 Å². The number of hydrogen-bond donors (Lipinski definition) is 2. The summed E-state index contributed by atoms with van der Waals surface area (Å²) >= 11 is 0. The van der Waals surface area contributed by atoms with Crippen molar-refractivity contribution in [3.8, 4) is 0 Å². The fourth-order valence-corrected chi connectivity index (χ4v) is 7.30. The third-order valence-electron chi connectivity index (χ3n) is 6.20. The van der Waals surface area contributed by atoms with Gasteiger partial charge in [0.1, 0.15) is 5.60 Å². The maximum absolute atomic E-state index is 12.8. The van der Waals surface area contributed by atoms with Gasteiger partial charge in [0.05, 0.1) is 16.0 Å². The maximum atomic E-state index is 12.8. The molecule has 1 amide bonds. The summed E-state index contributed by atoms with van der Waals surface area (Å²) < 4.78 is 18.2. The molecule has 1 aliphatic carbocycles. The van der Waals surface area contributed by atoms with Gasteiger partial charge in [0.2, 0.25) is 0 Å². The van der Waals surface area contributed by atoms with Crippen LogP contribution >= 0.6 is 10.8 Å². The predicted octanol–water partition coefficient (Wildman–Crippen LogP) is 4.53. The largest absolute Gasteiger partial charge is 0.271 e. The van der Waals surface area contributed by atoms with Crippen molar-refractivity contribution in [2.45, 2.75) is 49.5 Å². The molecule has 0 saturated heterocycles. The van der Waals surface area contributed by atoms with E-state index in [2.05, 4.69) is 41.6 Å². The molecule has 2 aromatic carbocycles. The topological polar surface area (TPSA) is 64.5 Å². The number of amides is 1. The van der Waals surface area contributed by atoms with Crippen molar-refractivity contribution in [1.82, 2.24) is 9.40 Å². The highest BCUT2D eigenvalue weighted by atomic mass is 32.3. The second-order valence-corrected chi connectivity index (χ2v) is 10.1. The fraction of sp³-hybridized carbons (Fsp3) is 0.318. The summed E-state index contributed by atoms with van der Waals surface area (Å²) in [5, 5.41) is 1.29. The summed E-state index contributed by atoms with van der Waals surface area (Å²) in [6.45, 7) is 2.20. The number of aromatic nitrogens is 1. The number of fused-ring (bicyclic) bond motifs is 5. The Morgan fingerprint density at radius 3 is 2.90 bits per heavy atom. The number of rotatable bonds is 3. The third-order valence-corrected chi connectivity index (χ3v) is 8.49. The van der Waals surface area contributed by atoms with Crippen molar-refractivity contribution in [1.29, 1.82) is 0 Å². The molecule has 0 saturated carbocycles. The van der Waals surface area contributed by atoms with E-state index in [1.54, 1.807) is 0 Å². The van der Waals surface area contributed by atoms with Crippen LogP contribution in [0.2, 0.25) is 0 Å². The summed E-state index contributed by atoms with van der Waals surface area (Å²) in [5.41, 5.74) is 6.94. The Bertz CT molecular complexity index is 1160. The van der Waals surface area contributed by atoms with Crippen molar-refractivity contribution in [3.05, 3.63) is 65.4 Å². The molecular weight excluding hydrogens is 386 g/mol. The minimum atomic E-state index is -2.49. The van der Waals surface area contributed by atoms with Gasteiger partial charge in [-0.15, -0.1) is 4.28 Å². The molecular formula is C22H23N3O3S. The zero-order chi connectivity index (χ0) is 19.6. The average Bonchev–Trinajstić information content (AvgIpc) is 3.23. The van der Waals surface area contributed by atoms with Crippen molar-refractivity contribution >= 4 is 27.6 Å². The summed E-state index contributed by atoms with van der Waals surface area (Å²) in [7, 11) is -2.49. The predicted molar refractivity (Wildman–Crippen MR) is 113 cm³/mol. The van der Waals surface area contributed by atoms with E-state index in [0.29, 0.717) is 5.56 Å². The number of hydrogen-bond acceptors (Lipinski definition) is 4. The molecule has 3 aromatic rings. The molecule has 0 fully saturated rings. The summed E-state index contributed by atoms with van der Waals surface area (Å²) in [5.74, 6) is -0.144. The maximum Gasteiger partial charge on any atom is 0.271 e. The number of nitrogens with one attached hydrogen (secondary N) is 2. The average molecular weight is 410 g/mol. The molecule has 6 nitrogen and oxygen atoms in total. The summed E-state index contributed by atoms with van der Waals surface area (Å²) in [6.07, 6.45) is 6.81. The Balaban J connectivity index is 1.56. The van der Waals surface area contributed by atoms with Crippen LogP contribution in [-0.4, -0.2) is 16.2 Å². The first-order chi connectivity index (χ1) is 14.1. The van der Waals surface area contributed by atoms with Gasteiger partial charge in [-0.2, -0.15) is 5.59 Å². The Morgan fingerprint density at radius 2 is 2.00 bits per heavy atom. The van der Waals surface area contributed by atoms with Crippen molar-refractivity contribution in [3.63, 3.8) is 0 Å². The standard InChI is InChI=1S/C22H23N3O3S/c1-2-3-11-22-12-15-7-6-9-18-20(15)16(13-22)14-25(18)24-28-29(27-22)19-10-5-4-8-17(19)21(26)23-29/h4-10,14,24H,2-3,11-13H2,1H3,(H,23,26). The van der Waals surface area contributed by atoms with Gasteiger partial charge in [-0.05, 0) is 35.7 Å². The Kier molecular flexibility index (Phi) is 3.60. The molecule has 2 aliphatic heterocycles. The van der Waals surface area contributed by atoms with Gasteiger partial charge >= 0.3 is 0 Å². The van der Waals surface area contributed by atoms with E-state index in [1.807, 2.05) is 28.9 Å². The van der Waals surface area contributed by atoms with E-state index in [0.717, 1.165) is 42.5 Å². The van der Waals surface area contributed by atoms with Crippen LogP contribution in [0.4, 0.5) is 0 Å². The van der Waals surface area contributed by atoms with Crippen molar-refractivity contribution < 1.29 is 13.3 Å². The van der Waals surface area contributed by atoms with Crippen LogP contribution in [-0.2, 0) is 21.3 Å². The fourth-order valence-electron chi connectivity index (χ4n) is 4.95. The van der Waals surface area contributed by atoms with Crippen LogP contribution in [0, 0.1) is 0 Å². The quantitative estimate of drug-likeness (QED) is 0.667. The zero-order valence-corrected chi connectivity index (χ0v) is 17.1. The van der Waals surface area contributed by atoms with Gasteiger partial charge in [-0.25, -0.2) is 9.40 Å². The number of nitrogens with zero attached hydrogens (tertiary/aromatic N) is 1. The van der Waals surface area contributed by atoms with Crippen LogP contribution in [0.1, 0.15) is 47.7 Å². The van der Waals surface area contributed by atoms with E-state index < -0.39 is 16.4 Å². The molecule has 7 heteroatoms. The highest BCUT2D eigenvalue weighted by Crippen LogP contribution is 2.63. The number of carbonyl (C=O) groups excluding carboxylic acids is 1. The minimum absolute atomic E-state index is 0.144. The van der Waals surface area contributed by atoms with Crippen LogP contribution in [0.25, 0.3) is 10.9 Å². The lowest BCUT2D eigenvalue weighted by molar-refractivity contribution is 0.0551. The number of benzene rings is 2. The minimum Gasteiger partial charge on any atom is -0.268 e. The third kappa shape index (κ3) is 2.41. The Morgan fingerprint density at radius 1 is 1.14 bits per heavy atom. The first-order valence-corrected chi connectivity index (χ1v) is 11.6. The molecule has 29 heavy (non-hydrogen) atoms. The van der Waals surface area contributed by atoms with Gasteiger partial charge in [-0.1, -0.05) is 54.8 Å². The molecule has 1 spiro atoms. The highest BCUT2D eigenvalue weighted by Gasteiger charge is 2.48. The molecule has 6 rings (SSSR count). The van der Waals surface area contributed by atoms with Crippen LogP contribution in [0.15, 0.2) is 53.6 Å². The number of carbonyl (C=O) groups is 1. The lowest BCUT2D eigenvalue weighted by atomic mass is 9.78. The van der Waals surface area contributed by atoms with Crippen molar-refractivity contribution in [2.75, 3.05) is 5.59 Å².